The van der Waals surface area contributed by atoms with Crippen molar-refractivity contribution < 1.29 is 19.9 Å². The van der Waals surface area contributed by atoms with Crippen molar-refractivity contribution in [3.63, 3.8) is 0 Å². The van der Waals surface area contributed by atoms with Gasteiger partial charge in [0.05, 0.1) is 0 Å². The molecule has 0 fully saturated rings. The van der Waals surface area contributed by atoms with Gasteiger partial charge in [0.2, 0.25) is 0 Å². The molecule has 0 amide bonds. The Bertz CT molecular complexity index is 403. The second-order valence-corrected chi connectivity index (χ2v) is 4.81. The summed E-state index contributed by atoms with van der Waals surface area (Å²) in [7, 11) is -1.49. The predicted molar refractivity (Wildman–Crippen MR) is 77.2 cm³/mol. The smallest absolute Gasteiger partial charge is 0.451 e. The molecule has 110 valence electrons. The van der Waals surface area contributed by atoms with Crippen LogP contribution in [0.25, 0.3) is 0 Å². The van der Waals surface area contributed by atoms with Crippen LogP contribution in [-0.2, 0) is 11.2 Å². The minimum Gasteiger partial charge on any atom is -0.480 e. The molecule has 0 unspecified atom stereocenters. The maximum Gasteiger partial charge on any atom is 0.451 e. The number of benzene rings is 1. The van der Waals surface area contributed by atoms with Gasteiger partial charge in [0.25, 0.3) is 0 Å². The largest absolute Gasteiger partial charge is 0.480 e. The van der Waals surface area contributed by atoms with Crippen LogP contribution in [0.1, 0.15) is 12.0 Å². The lowest BCUT2D eigenvalue weighted by Gasteiger charge is -2.18. The Morgan fingerprint density at radius 3 is 2.50 bits per heavy atom. The van der Waals surface area contributed by atoms with Gasteiger partial charge >= 0.3 is 13.1 Å². The van der Waals surface area contributed by atoms with Crippen LogP contribution in [0.3, 0.4) is 0 Å². The molecule has 0 radical (unpaired) electrons. The Morgan fingerprint density at radius 1 is 1.30 bits per heavy atom. The van der Waals surface area contributed by atoms with E-state index in [0.29, 0.717) is 13.0 Å². The Balaban J connectivity index is 2.36. The SMILES string of the molecule is N[C@@H](CN[C@H](CCB(O)O)C(=O)O)Cc1ccccc1. The van der Waals surface area contributed by atoms with Crippen LogP contribution >= 0.6 is 0 Å². The van der Waals surface area contributed by atoms with E-state index in [0.717, 1.165) is 5.56 Å². The summed E-state index contributed by atoms with van der Waals surface area (Å²) >= 11 is 0. The fraction of sp³-hybridized carbons (Fsp3) is 0.462. The molecule has 0 bridgehead atoms. The number of aliphatic carboxylic acids is 1. The molecule has 7 heteroatoms. The van der Waals surface area contributed by atoms with Gasteiger partial charge in [-0.2, -0.15) is 0 Å². The molecule has 0 aromatic heterocycles. The molecule has 0 saturated carbocycles. The zero-order valence-corrected chi connectivity index (χ0v) is 11.3. The third-order valence-corrected chi connectivity index (χ3v) is 2.98. The summed E-state index contributed by atoms with van der Waals surface area (Å²) in [5, 5.41) is 29.4. The first kappa shape index (κ1) is 16.6. The van der Waals surface area contributed by atoms with Gasteiger partial charge < -0.3 is 26.2 Å². The molecule has 20 heavy (non-hydrogen) atoms. The van der Waals surface area contributed by atoms with Crippen molar-refractivity contribution in [1.29, 1.82) is 0 Å². The number of carboxylic acids is 1. The zero-order chi connectivity index (χ0) is 15.0. The first-order valence-corrected chi connectivity index (χ1v) is 6.61. The van der Waals surface area contributed by atoms with Crippen molar-refractivity contribution in [3.8, 4) is 0 Å². The first-order chi connectivity index (χ1) is 9.49. The lowest BCUT2D eigenvalue weighted by atomic mass is 9.82. The summed E-state index contributed by atoms with van der Waals surface area (Å²) in [4.78, 5) is 11.0. The van der Waals surface area contributed by atoms with E-state index in [9.17, 15) is 4.79 Å². The third kappa shape index (κ3) is 6.67. The molecule has 6 N–H and O–H groups in total. The van der Waals surface area contributed by atoms with E-state index in [4.69, 9.17) is 20.9 Å². The van der Waals surface area contributed by atoms with E-state index in [1.165, 1.54) is 0 Å². The van der Waals surface area contributed by atoms with E-state index in [2.05, 4.69) is 5.32 Å². The minimum atomic E-state index is -1.49. The highest BCUT2D eigenvalue weighted by Gasteiger charge is 2.20. The van der Waals surface area contributed by atoms with Crippen LogP contribution in [0.15, 0.2) is 30.3 Å². The van der Waals surface area contributed by atoms with Crippen LogP contribution < -0.4 is 11.1 Å². The molecule has 6 nitrogen and oxygen atoms in total. The lowest BCUT2D eigenvalue weighted by Crippen LogP contribution is -2.44. The summed E-state index contributed by atoms with van der Waals surface area (Å²) in [5.41, 5.74) is 7.05. The van der Waals surface area contributed by atoms with E-state index < -0.39 is 19.1 Å². The average Bonchev–Trinajstić information content (AvgIpc) is 2.39. The van der Waals surface area contributed by atoms with Gasteiger partial charge in [0.15, 0.2) is 0 Å². The summed E-state index contributed by atoms with van der Waals surface area (Å²) in [6, 6.07) is 8.70. The van der Waals surface area contributed by atoms with Gasteiger partial charge in [-0.05, 0) is 24.7 Å². The average molecular weight is 280 g/mol. The number of nitrogens with two attached hydrogens (primary N) is 1. The number of rotatable bonds is 9. The van der Waals surface area contributed by atoms with E-state index in [-0.39, 0.29) is 18.8 Å². The number of nitrogens with one attached hydrogen (secondary N) is 1. The molecule has 1 aromatic rings. The lowest BCUT2D eigenvalue weighted by molar-refractivity contribution is -0.139. The third-order valence-electron chi connectivity index (χ3n) is 2.98. The number of hydrogen-bond acceptors (Lipinski definition) is 5. The van der Waals surface area contributed by atoms with Gasteiger partial charge in [-0.1, -0.05) is 30.3 Å². The van der Waals surface area contributed by atoms with Crippen molar-refractivity contribution >= 4 is 13.1 Å². The molecule has 2 atom stereocenters. The van der Waals surface area contributed by atoms with Crippen molar-refractivity contribution in [3.05, 3.63) is 35.9 Å². The van der Waals surface area contributed by atoms with E-state index in [1.807, 2.05) is 30.3 Å². The van der Waals surface area contributed by atoms with Gasteiger partial charge in [0, 0.05) is 12.6 Å². The topological polar surface area (TPSA) is 116 Å². The molecule has 1 aromatic carbocycles. The molecular weight excluding hydrogens is 259 g/mol. The van der Waals surface area contributed by atoms with E-state index in [1.54, 1.807) is 0 Å². The maximum absolute atomic E-state index is 11.0. The predicted octanol–water partition coefficient (Wildman–Crippen LogP) is -0.538. The number of carbonyl (C=O) groups is 1. The Kier molecular flexibility index (Phi) is 7.25. The molecule has 0 aliphatic heterocycles. The highest BCUT2D eigenvalue weighted by Crippen LogP contribution is 2.03. The van der Waals surface area contributed by atoms with Crippen molar-refractivity contribution in [1.82, 2.24) is 5.32 Å². The quantitative estimate of drug-likeness (QED) is 0.388. The number of carboxylic acid groups (broad SMARTS) is 1. The molecule has 0 saturated heterocycles. The van der Waals surface area contributed by atoms with Gasteiger partial charge in [-0.15, -0.1) is 0 Å². The standard InChI is InChI=1S/C13H21BN2O4/c15-11(8-10-4-2-1-3-5-10)9-16-12(13(17)18)6-7-14(19)20/h1-5,11-12,16,19-20H,6-9,15H2,(H,17,18)/t11-,12-/m1/s1. The van der Waals surface area contributed by atoms with Crippen LogP contribution in [0.4, 0.5) is 0 Å². The maximum atomic E-state index is 11.0. The summed E-state index contributed by atoms with van der Waals surface area (Å²) in [6.07, 6.45) is 0.811. The van der Waals surface area contributed by atoms with Crippen molar-refractivity contribution in [2.45, 2.75) is 31.2 Å². The molecule has 0 heterocycles. The Hall–Kier alpha value is -1.41. The van der Waals surface area contributed by atoms with Crippen molar-refractivity contribution in [2.75, 3.05) is 6.54 Å². The highest BCUT2D eigenvalue weighted by molar-refractivity contribution is 6.40. The molecular formula is C13H21BN2O4. The van der Waals surface area contributed by atoms with Crippen molar-refractivity contribution in [2.24, 2.45) is 5.73 Å². The highest BCUT2D eigenvalue weighted by atomic mass is 16.4. The summed E-state index contributed by atoms with van der Waals surface area (Å²) in [5.74, 6) is -1.02. The van der Waals surface area contributed by atoms with Crippen LogP contribution in [0.5, 0.6) is 0 Å². The molecule has 1 rings (SSSR count). The fourth-order valence-electron chi connectivity index (χ4n) is 1.91. The summed E-state index contributed by atoms with van der Waals surface area (Å²) < 4.78 is 0. The fourth-order valence-corrected chi connectivity index (χ4v) is 1.91. The van der Waals surface area contributed by atoms with E-state index >= 15 is 0 Å². The zero-order valence-electron chi connectivity index (χ0n) is 11.3. The monoisotopic (exact) mass is 280 g/mol. The second-order valence-electron chi connectivity index (χ2n) is 4.81. The Labute approximate surface area is 118 Å². The first-order valence-electron chi connectivity index (χ1n) is 6.61. The minimum absolute atomic E-state index is 0.0118. The van der Waals surface area contributed by atoms with Gasteiger partial charge in [0.1, 0.15) is 6.04 Å². The number of hydrogen-bond donors (Lipinski definition) is 5. The normalized spacial score (nSPS) is 13.8. The Morgan fingerprint density at radius 2 is 1.95 bits per heavy atom. The summed E-state index contributed by atoms with van der Waals surface area (Å²) in [6.45, 7) is 0.355. The van der Waals surface area contributed by atoms with Gasteiger partial charge in [-0.25, -0.2) is 0 Å². The van der Waals surface area contributed by atoms with Crippen LogP contribution in [-0.4, -0.2) is 46.9 Å². The van der Waals surface area contributed by atoms with Crippen LogP contribution in [0.2, 0.25) is 6.32 Å². The van der Waals surface area contributed by atoms with Crippen LogP contribution in [0, 0.1) is 0 Å². The second kappa shape index (κ2) is 8.70. The van der Waals surface area contributed by atoms with Gasteiger partial charge in [-0.3, -0.25) is 4.79 Å². The molecule has 0 spiro atoms. The molecule has 0 aliphatic rings. The molecule has 0 aliphatic carbocycles.